The molecule has 0 spiro atoms. The molecular weight excluding hydrogens is 334 g/mol. The summed E-state index contributed by atoms with van der Waals surface area (Å²) in [6.07, 6.45) is 0. The van der Waals surface area contributed by atoms with E-state index >= 15 is 0 Å². The van der Waals surface area contributed by atoms with Crippen molar-refractivity contribution >= 4 is 23.2 Å². The summed E-state index contributed by atoms with van der Waals surface area (Å²) in [5.41, 5.74) is 2.05. The Kier molecular flexibility index (Phi) is 5.50. The number of hydrogen-bond donors (Lipinski definition) is 0. The van der Waals surface area contributed by atoms with Crippen LogP contribution in [0.3, 0.4) is 0 Å². The molecule has 1 saturated heterocycles. The predicted octanol–water partition coefficient (Wildman–Crippen LogP) is 2.26. The molecule has 1 fully saturated rings. The first-order chi connectivity index (χ1) is 12.1. The van der Waals surface area contributed by atoms with Gasteiger partial charge in [0.1, 0.15) is 0 Å². The lowest BCUT2D eigenvalue weighted by atomic mass is 10.1. The molecule has 0 bridgehead atoms. The molecule has 5 nitrogen and oxygen atoms in total. The van der Waals surface area contributed by atoms with Crippen LogP contribution in [0.1, 0.15) is 9.67 Å². The highest BCUT2D eigenvalue weighted by atomic mass is 32.1. The minimum Gasteiger partial charge on any atom is -0.338 e. The predicted molar refractivity (Wildman–Crippen MR) is 101 cm³/mol. The fourth-order valence-electron chi connectivity index (χ4n) is 2.99. The summed E-state index contributed by atoms with van der Waals surface area (Å²) in [5.74, 6) is 0.187. The zero-order valence-electron chi connectivity index (χ0n) is 14.6. The van der Waals surface area contributed by atoms with E-state index in [2.05, 4.69) is 0 Å². The summed E-state index contributed by atoms with van der Waals surface area (Å²) >= 11 is 1.48. The van der Waals surface area contributed by atoms with Crippen LogP contribution in [0, 0.1) is 0 Å². The Morgan fingerprint density at radius 2 is 1.64 bits per heavy atom. The van der Waals surface area contributed by atoms with Crippen molar-refractivity contribution in [3.63, 3.8) is 0 Å². The van der Waals surface area contributed by atoms with Crippen LogP contribution in [0.5, 0.6) is 0 Å². The highest BCUT2D eigenvalue weighted by Crippen LogP contribution is 2.29. The van der Waals surface area contributed by atoms with Crippen LogP contribution >= 0.6 is 11.3 Å². The van der Waals surface area contributed by atoms with Crippen molar-refractivity contribution in [3.8, 4) is 11.1 Å². The second-order valence-corrected chi connectivity index (χ2v) is 7.36. The lowest BCUT2D eigenvalue weighted by molar-refractivity contribution is -0.133. The van der Waals surface area contributed by atoms with E-state index < -0.39 is 0 Å². The SMILES string of the molecule is CN(C)CC(=O)N1CCN(C(=O)c2sccc2-c2ccccc2)CC1. The Bertz CT molecular complexity index is 734. The van der Waals surface area contributed by atoms with Crippen molar-refractivity contribution in [3.05, 3.63) is 46.7 Å². The van der Waals surface area contributed by atoms with Gasteiger partial charge in [-0.25, -0.2) is 0 Å². The number of amides is 2. The molecule has 3 rings (SSSR count). The van der Waals surface area contributed by atoms with Crippen molar-refractivity contribution in [2.75, 3.05) is 46.8 Å². The minimum absolute atomic E-state index is 0.0635. The second-order valence-electron chi connectivity index (χ2n) is 6.44. The minimum atomic E-state index is 0.0635. The maximum Gasteiger partial charge on any atom is 0.264 e. The van der Waals surface area contributed by atoms with E-state index in [9.17, 15) is 9.59 Å². The lowest BCUT2D eigenvalue weighted by Gasteiger charge is -2.35. The summed E-state index contributed by atoms with van der Waals surface area (Å²) in [6, 6.07) is 12.0. The zero-order valence-corrected chi connectivity index (χ0v) is 15.5. The lowest BCUT2D eigenvalue weighted by Crippen LogP contribution is -2.52. The van der Waals surface area contributed by atoms with Crippen LogP contribution in [0.2, 0.25) is 0 Å². The van der Waals surface area contributed by atoms with Crippen molar-refractivity contribution in [1.29, 1.82) is 0 Å². The van der Waals surface area contributed by atoms with Gasteiger partial charge in [-0.2, -0.15) is 0 Å². The molecule has 1 aromatic carbocycles. The standard InChI is InChI=1S/C19H23N3O2S/c1-20(2)14-17(23)21-9-11-22(12-10-21)19(24)18-16(8-13-25-18)15-6-4-3-5-7-15/h3-8,13H,9-12,14H2,1-2H3. The Morgan fingerprint density at radius 3 is 2.28 bits per heavy atom. The molecule has 1 aliphatic rings. The third kappa shape index (κ3) is 4.08. The summed E-state index contributed by atoms with van der Waals surface area (Å²) in [4.78, 5) is 31.4. The molecule has 0 aliphatic carbocycles. The Labute approximate surface area is 152 Å². The van der Waals surface area contributed by atoms with Crippen molar-refractivity contribution in [1.82, 2.24) is 14.7 Å². The first-order valence-corrected chi connectivity index (χ1v) is 9.29. The van der Waals surface area contributed by atoms with Gasteiger partial charge in [0, 0.05) is 31.7 Å². The fourth-order valence-corrected chi connectivity index (χ4v) is 3.88. The molecule has 0 atom stereocenters. The number of likely N-dealkylation sites (N-methyl/N-ethyl adjacent to an activating group) is 1. The van der Waals surface area contributed by atoms with E-state index in [0.29, 0.717) is 32.7 Å². The molecule has 132 valence electrons. The van der Waals surface area contributed by atoms with Crippen molar-refractivity contribution in [2.24, 2.45) is 0 Å². The second kappa shape index (κ2) is 7.80. The van der Waals surface area contributed by atoms with Crippen LogP contribution in [-0.2, 0) is 4.79 Å². The molecule has 0 unspecified atom stereocenters. The van der Waals surface area contributed by atoms with Gasteiger partial charge in [-0.05, 0) is 31.1 Å². The van der Waals surface area contributed by atoms with Crippen LogP contribution in [-0.4, -0.2) is 73.3 Å². The van der Waals surface area contributed by atoms with E-state index in [4.69, 9.17) is 0 Å². The van der Waals surface area contributed by atoms with Crippen LogP contribution in [0.25, 0.3) is 11.1 Å². The number of carbonyl (C=O) groups excluding carboxylic acids is 2. The summed E-state index contributed by atoms with van der Waals surface area (Å²) in [6.45, 7) is 2.79. The first kappa shape index (κ1) is 17.6. The number of thiophene rings is 1. The molecule has 0 radical (unpaired) electrons. The number of nitrogens with zero attached hydrogens (tertiary/aromatic N) is 3. The quantitative estimate of drug-likeness (QED) is 0.843. The van der Waals surface area contributed by atoms with Crippen LogP contribution in [0.15, 0.2) is 41.8 Å². The number of benzene rings is 1. The van der Waals surface area contributed by atoms with E-state index in [1.165, 1.54) is 11.3 Å². The van der Waals surface area contributed by atoms with Gasteiger partial charge in [-0.1, -0.05) is 30.3 Å². The molecule has 2 heterocycles. The van der Waals surface area contributed by atoms with Gasteiger partial charge >= 0.3 is 0 Å². The number of hydrogen-bond acceptors (Lipinski definition) is 4. The maximum atomic E-state index is 12.9. The Balaban J connectivity index is 1.66. The maximum absolute atomic E-state index is 12.9. The van der Waals surface area contributed by atoms with Gasteiger partial charge in [0.2, 0.25) is 5.91 Å². The molecule has 1 aromatic heterocycles. The smallest absolute Gasteiger partial charge is 0.264 e. The fraction of sp³-hybridized carbons (Fsp3) is 0.368. The third-order valence-corrected chi connectivity index (χ3v) is 5.22. The van der Waals surface area contributed by atoms with Crippen molar-refractivity contribution < 1.29 is 9.59 Å². The van der Waals surface area contributed by atoms with E-state index in [1.54, 1.807) is 0 Å². The summed E-state index contributed by atoms with van der Waals surface area (Å²) in [7, 11) is 3.78. The summed E-state index contributed by atoms with van der Waals surface area (Å²) < 4.78 is 0. The van der Waals surface area contributed by atoms with Crippen molar-refractivity contribution in [2.45, 2.75) is 0 Å². The van der Waals surface area contributed by atoms with E-state index in [1.807, 2.05) is 70.6 Å². The number of carbonyl (C=O) groups is 2. The highest BCUT2D eigenvalue weighted by molar-refractivity contribution is 7.12. The topological polar surface area (TPSA) is 43.9 Å². The first-order valence-electron chi connectivity index (χ1n) is 8.41. The van der Waals surface area contributed by atoms with Crippen LogP contribution < -0.4 is 0 Å². The van der Waals surface area contributed by atoms with Gasteiger partial charge in [-0.15, -0.1) is 11.3 Å². The molecule has 6 heteroatoms. The molecule has 1 aliphatic heterocycles. The van der Waals surface area contributed by atoms with Gasteiger partial charge in [0.05, 0.1) is 11.4 Å². The summed E-state index contributed by atoms with van der Waals surface area (Å²) in [5, 5.41) is 1.96. The molecule has 0 saturated carbocycles. The van der Waals surface area contributed by atoms with E-state index in [-0.39, 0.29) is 11.8 Å². The van der Waals surface area contributed by atoms with Gasteiger partial charge < -0.3 is 14.7 Å². The largest absolute Gasteiger partial charge is 0.338 e. The molecular formula is C19H23N3O2S. The Hall–Kier alpha value is -2.18. The van der Waals surface area contributed by atoms with E-state index in [0.717, 1.165) is 16.0 Å². The van der Waals surface area contributed by atoms with Gasteiger partial charge in [0.15, 0.2) is 0 Å². The number of rotatable bonds is 4. The van der Waals surface area contributed by atoms with Crippen LogP contribution in [0.4, 0.5) is 0 Å². The monoisotopic (exact) mass is 357 g/mol. The van der Waals surface area contributed by atoms with Gasteiger partial charge in [0.25, 0.3) is 5.91 Å². The highest BCUT2D eigenvalue weighted by Gasteiger charge is 2.27. The normalized spacial score (nSPS) is 14.8. The third-order valence-electron chi connectivity index (χ3n) is 4.32. The zero-order chi connectivity index (χ0) is 17.8. The molecule has 0 N–H and O–H groups in total. The molecule has 25 heavy (non-hydrogen) atoms. The van der Waals surface area contributed by atoms with Gasteiger partial charge in [-0.3, -0.25) is 9.59 Å². The average Bonchev–Trinajstić information content (AvgIpc) is 3.11. The Morgan fingerprint density at radius 1 is 1.00 bits per heavy atom. The number of piperazine rings is 1. The molecule has 2 amide bonds. The molecule has 2 aromatic rings. The average molecular weight is 357 g/mol.